The quantitative estimate of drug-likeness (QED) is 0.507. The lowest BCUT2D eigenvalue weighted by Crippen LogP contribution is -2.40. The summed E-state index contributed by atoms with van der Waals surface area (Å²) in [6.07, 6.45) is 13.3. The molecule has 0 aliphatic carbocycles. The fourth-order valence-electron chi connectivity index (χ4n) is 2.72. The van der Waals surface area contributed by atoms with Gasteiger partial charge >= 0.3 is 0 Å². The van der Waals surface area contributed by atoms with E-state index >= 15 is 0 Å². The standard InChI is InChI=1S/C19H29N5O.C2H2/c1-4-9-20-18-16(13-22-15(3)24-18)8-6-5-7-10-21-19(25)17-11-14(2)12-23-17;1-2/h13-14,17,23H,4-5,7,9-12H2,1-3H3,(H,21,25)(H,20,22,24);1-2H/t14-,17?;/m0./s1. The number of amides is 1. The van der Waals surface area contributed by atoms with Crippen LogP contribution in [0.5, 0.6) is 0 Å². The number of rotatable bonds is 7. The van der Waals surface area contributed by atoms with E-state index in [1.165, 1.54) is 0 Å². The summed E-state index contributed by atoms with van der Waals surface area (Å²) in [5.74, 6) is 8.51. The smallest absolute Gasteiger partial charge is 0.237 e. The van der Waals surface area contributed by atoms with Crippen molar-refractivity contribution < 1.29 is 4.79 Å². The first-order valence-corrected chi connectivity index (χ1v) is 9.51. The summed E-state index contributed by atoms with van der Waals surface area (Å²) < 4.78 is 0. The van der Waals surface area contributed by atoms with Crippen LogP contribution in [-0.2, 0) is 4.79 Å². The van der Waals surface area contributed by atoms with Gasteiger partial charge in [-0.25, -0.2) is 9.97 Å². The van der Waals surface area contributed by atoms with Gasteiger partial charge in [0.25, 0.3) is 0 Å². The molecule has 1 fully saturated rings. The molecule has 1 unspecified atom stereocenters. The van der Waals surface area contributed by atoms with Gasteiger partial charge in [-0.2, -0.15) is 0 Å². The number of aryl methyl sites for hydroxylation is 1. The van der Waals surface area contributed by atoms with Gasteiger partial charge in [0.15, 0.2) is 0 Å². The summed E-state index contributed by atoms with van der Waals surface area (Å²) in [6, 6.07) is -0.0296. The predicted octanol–water partition coefficient (Wildman–Crippen LogP) is 2.10. The molecule has 0 saturated carbocycles. The monoisotopic (exact) mass is 369 g/mol. The molecule has 1 aromatic heterocycles. The van der Waals surface area contributed by atoms with Crippen LogP contribution in [0.1, 0.15) is 50.9 Å². The SMILES string of the molecule is C#C.CCCNc1nc(C)ncc1C#CCCCNC(=O)C1C[C@H](C)CN1. The van der Waals surface area contributed by atoms with Crippen molar-refractivity contribution in [2.24, 2.45) is 5.92 Å². The largest absolute Gasteiger partial charge is 0.369 e. The molecule has 27 heavy (non-hydrogen) atoms. The van der Waals surface area contributed by atoms with Crippen molar-refractivity contribution in [2.75, 3.05) is 25.0 Å². The summed E-state index contributed by atoms with van der Waals surface area (Å²) in [6.45, 7) is 8.60. The second-order valence-electron chi connectivity index (χ2n) is 6.60. The predicted molar refractivity (Wildman–Crippen MR) is 110 cm³/mol. The maximum atomic E-state index is 12.0. The van der Waals surface area contributed by atoms with E-state index in [2.05, 4.69) is 64.5 Å². The first-order valence-electron chi connectivity index (χ1n) is 9.51. The van der Waals surface area contributed by atoms with Crippen molar-refractivity contribution in [3.63, 3.8) is 0 Å². The normalized spacial score (nSPS) is 17.8. The van der Waals surface area contributed by atoms with Gasteiger partial charge in [0.2, 0.25) is 5.91 Å². The van der Waals surface area contributed by atoms with Crippen molar-refractivity contribution in [1.82, 2.24) is 20.6 Å². The Kier molecular flexibility index (Phi) is 10.6. The number of terminal acetylenes is 1. The molecule has 0 aromatic carbocycles. The second-order valence-corrected chi connectivity index (χ2v) is 6.60. The van der Waals surface area contributed by atoms with Gasteiger partial charge < -0.3 is 16.0 Å². The lowest BCUT2D eigenvalue weighted by molar-refractivity contribution is -0.122. The van der Waals surface area contributed by atoms with E-state index in [9.17, 15) is 4.79 Å². The molecule has 1 aromatic rings. The molecule has 6 nitrogen and oxygen atoms in total. The van der Waals surface area contributed by atoms with Crippen LogP contribution >= 0.6 is 0 Å². The third-order valence-electron chi connectivity index (χ3n) is 4.12. The third kappa shape index (κ3) is 8.11. The molecule has 1 saturated heterocycles. The van der Waals surface area contributed by atoms with Crippen molar-refractivity contribution in [3.05, 3.63) is 17.6 Å². The highest BCUT2D eigenvalue weighted by Crippen LogP contribution is 2.12. The number of unbranched alkanes of at least 4 members (excludes halogenated alkanes) is 1. The molecule has 2 rings (SSSR count). The number of hydrogen-bond donors (Lipinski definition) is 3. The van der Waals surface area contributed by atoms with Crippen LogP contribution in [0.25, 0.3) is 0 Å². The molecule has 2 heterocycles. The minimum Gasteiger partial charge on any atom is -0.369 e. The highest BCUT2D eigenvalue weighted by molar-refractivity contribution is 5.82. The fraction of sp³-hybridized carbons (Fsp3) is 0.571. The average Bonchev–Trinajstić information content (AvgIpc) is 3.12. The number of hydrogen-bond acceptors (Lipinski definition) is 5. The Balaban J connectivity index is 0.00000176. The molecule has 6 heteroatoms. The Morgan fingerprint density at radius 3 is 2.85 bits per heavy atom. The summed E-state index contributed by atoms with van der Waals surface area (Å²) in [7, 11) is 0. The van der Waals surface area contributed by atoms with Gasteiger partial charge in [0, 0.05) is 25.7 Å². The molecule has 2 atom stereocenters. The molecule has 0 bridgehead atoms. The Labute approximate surface area is 163 Å². The van der Waals surface area contributed by atoms with Crippen molar-refractivity contribution in [2.45, 2.75) is 52.5 Å². The van der Waals surface area contributed by atoms with Crippen LogP contribution in [0, 0.1) is 37.5 Å². The Morgan fingerprint density at radius 1 is 1.41 bits per heavy atom. The zero-order valence-electron chi connectivity index (χ0n) is 16.6. The van der Waals surface area contributed by atoms with Crippen molar-refractivity contribution in [3.8, 4) is 24.7 Å². The van der Waals surface area contributed by atoms with Crippen LogP contribution in [0.2, 0.25) is 0 Å². The number of anilines is 1. The van der Waals surface area contributed by atoms with Gasteiger partial charge in [-0.05, 0) is 38.6 Å². The van der Waals surface area contributed by atoms with E-state index in [1.54, 1.807) is 6.20 Å². The highest BCUT2D eigenvalue weighted by Gasteiger charge is 2.26. The molecule has 0 spiro atoms. The number of nitrogens with one attached hydrogen (secondary N) is 3. The number of carbonyl (C=O) groups excluding carboxylic acids is 1. The first-order chi connectivity index (χ1) is 13.1. The summed E-state index contributed by atoms with van der Waals surface area (Å²) in [4.78, 5) is 20.6. The third-order valence-corrected chi connectivity index (χ3v) is 4.12. The van der Waals surface area contributed by atoms with E-state index < -0.39 is 0 Å². The molecule has 3 N–H and O–H groups in total. The number of nitrogens with zero attached hydrogens (tertiary/aromatic N) is 2. The van der Waals surface area contributed by atoms with E-state index in [4.69, 9.17) is 0 Å². The molecule has 146 valence electrons. The molecule has 1 aliphatic rings. The minimum absolute atomic E-state index is 0.0296. The van der Waals surface area contributed by atoms with E-state index in [0.717, 1.165) is 56.0 Å². The van der Waals surface area contributed by atoms with E-state index in [-0.39, 0.29) is 11.9 Å². The summed E-state index contributed by atoms with van der Waals surface area (Å²) >= 11 is 0. The molecule has 1 aliphatic heterocycles. The van der Waals surface area contributed by atoms with Gasteiger partial charge in [-0.3, -0.25) is 4.79 Å². The molecular formula is C21H31N5O. The van der Waals surface area contributed by atoms with Gasteiger partial charge in [-0.15, -0.1) is 12.8 Å². The van der Waals surface area contributed by atoms with Gasteiger partial charge in [0.05, 0.1) is 11.6 Å². The summed E-state index contributed by atoms with van der Waals surface area (Å²) in [5.41, 5.74) is 0.826. The molecule has 0 radical (unpaired) electrons. The Hall–Kier alpha value is -2.57. The fourth-order valence-corrected chi connectivity index (χ4v) is 2.72. The van der Waals surface area contributed by atoms with E-state index in [1.807, 2.05) is 6.92 Å². The van der Waals surface area contributed by atoms with Crippen LogP contribution in [0.3, 0.4) is 0 Å². The van der Waals surface area contributed by atoms with Crippen molar-refractivity contribution >= 4 is 11.7 Å². The van der Waals surface area contributed by atoms with Crippen molar-refractivity contribution in [1.29, 1.82) is 0 Å². The zero-order valence-corrected chi connectivity index (χ0v) is 16.6. The number of aromatic nitrogens is 2. The summed E-state index contributed by atoms with van der Waals surface area (Å²) in [5, 5.41) is 9.52. The lowest BCUT2D eigenvalue weighted by atomic mass is 10.1. The average molecular weight is 370 g/mol. The zero-order chi connectivity index (χ0) is 20.1. The maximum absolute atomic E-state index is 12.0. The van der Waals surface area contributed by atoms with Crippen LogP contribution < -0.4 is 16.0 Å². The molecular weight excluding hydrogens is 338 g/mol. The van der Waals surface area contributed by atoms with Crippen LogP contribution in [0.15, 0.2) is 6.20 Å². The first kappa shape index (κ1) is 22.5. The second kappa shape index (κ2) is 12.7. The lowest BCUT2D eigenvalue weighted by Gasteiger charge is -2.10. The minimum atomic E-state index is -0.0296. The molecule has 1 amide bonds. The van der Waals surface area contributed by atoms with Crippen LogP contribution in [-0.4, -0.2) is 41.6 Å². The Bertz CT molecular complexity index is 674. The van der Waals surface area contributed by atoms with E-state index in [0.29, 0.717) is 12.5 Å². The van der Waals surface area contributed by atoms with Gasteiger partial charge in [0.1, 0.15) is 11.6 Å². The maximum Gasteiger partial charge on any atom is 0.237 e. The van der Waals surface area contributed by atoms with Gasteiger partial charge in [-0.1, -0.05) is 25.7 Å². The van der Waals surface area contributed by atoms with Crippen LogP contribution in [0.4, 0.5) is 5.82 Å². The topological polar surface area (TPSA) is 78.9 Å². The number of carbonyl (C=O) groups is 1. The Morgan fingerprint density at radius 2 is 2.19 bits per heavy atom. The highest BCUT2D eigenvalue weighted by atomic mass is 16.2.